The van der Waals surface area contributed by atoms with Crippen molar-refractivity contribution in [1.29, 1.82) is 0 Å². The molecule has 1 heterocycles. The van der Waals surface area contributed by atoms with Crippen molar-refractivity contribution in [2.75, 3.05) is 184 Å². The summed E-state index contributed by atoms with van der Waals surface area (Å²) in [5.74, 6) is -3.12. The maximum atomic E-state index is 13.5. The number of ether oxygens (including phenoxy) is 7. The van der Waals surface area contributed by atoms with E-state index in [-0.39, 0.29) is 229 Å². The number of rotatable bonds is 91. The molecule has 0 aromatic heterocycles. The topological polar surface area (TPSA) is 348 Å². The molecule has 0 aromatic carbocycles. The summed E-state index contributed by atoms with van der Waals surface area (Å²) in [6.07, 6.45) is 70.7. The molecule has 854 valence electrons. The van der Waals surface area contributed by atoms with Crippen molar-refractivity contribution < 1.29 is 102 Å². The zero-order chi connectivity index (χ0) is 107. The number of carbonyl (C=O) groups is 7. The second-order valence-corrected chi connectivity index (χ2v) is 41.0. The molecular weight excluding hydrogens is 1860 g/mol. The number of carbonyl (C=O) groups excluding carboxylic acids is 7. The fourth-order valence-electron chi connectivity index (χ4n) is 17.3. The van der Waals surface area contributed by atoms with Gasteiger partial charge in [0.15, 0.2) is 0 Å². The van der Waals surface area contributed by atoms with Crippen LogP contribution in [0.2, 0.25) is 0 Å². The normalized spacial score (nSPS) is 16.3. The fourth-order valence-corrected chi connectivity index (χ4v) is 17.3. The standard InChI is InChI=1S/C119H217N7O21/c1-8-15-22-29-36-43-50-57-64-71-113(134)141-99-106(127)92-120-78-80-121(93-107(128)100-142-114(135)72-65-58-51-44-37-30-23-16-9-2)82-84-123(95-109(130)102-144-116(137)74-67-60-53-46-39-32-25-18-11-4)86-88-125(97-111(132)104-146-118(139)76-69-62-55-48-41-34-27-20-13-6)90-91-126(98-112(133)105-147-119(140)77-70-63-56-49-42-35-28-21-14-7)89-87-124(96-110(131)103-145-117(138)75-68-61-54-47-40-33-26-19-12-5)85-83-122(81-79-120)94-108(129)101-143-115(136)73-66-59-52-45-38-31-24-17-10-3/h43-56,106-112,127-133H,8-42,57-105H2,1-7H3/b50-43-,51-44-,52-45-,53-46-,54-47-,55-48-,56-49-. The fraction of sp³-hybridized carbons (Fsp3) is 0.824. The van der Waals surface area contributed by atoms with Gasteiger partial charge in [0.1, 0.15) is 89.0 Å². The van der Waals surface area contributed by atoms with Crippen LogP contribution in [0.5, 0.6) is 0 Å². The van der Waals surface area contributed by atoms with Crippen molar-refractivity contribution >= 4 is 41.8 Å². The Kier molecular flexibility index (Phi) is 97.3. The molecule has 1 aliphatic rings. The third kappa shape index (κ3) is 93.3. The van der Waals surface area contributed by atoms with Crippen molar-refractivity contribution in [2.45, 2.75) is 451 Å². The molecule has 28 heteroatoms. The summed E-state index contributed by atoms with van der Waals surface area (Å²) in [6.45, 7) is 16.4. The SMILES string of the molecule is CCCCCC/C=C\CCCC(=O)OCC(O)CN1CCN(CC(O)COC(=O)CCC/C=C\CCCCCC)CCN(CC(O)COC(=O)CCC/C=C\CCCCCC)CCN(CC(O)COC(=O)CCC/C=C\CCCCCC)CCN(CC(O)COC(=O)CCC/C=C\CCCCCC)CCN(CC(O)COC(=O)CCC/C=C\CCCCCC)CCN(CC(O)COC(=O)CCC/C=C\CCCCCC)CC1. The number of unbranched alkanes of at least 4 members (excludes halogenated alkanes) is 35. The van der Waals surface area contributed by atoms with Crippen LogP contribution < -0.4 is 0 Å². The minimum absolute atomic E-state index is 0.00648. The highest BCUT2D eigenvalue weighted by atomic mass is 16.6. The van der Waals surface area contributed by atoms with Crippen LogP contribution >= 0.6 is 0 Å². The van der Waals surface area contributed by atoms with Crippen LogP contribution in [0.15, 0.2) is 85.1 Å². The molecule has 0 spiro atoms. The van der Waals surface area contributed by atoms with Gasteiger partial charge in [-0.05, 0) is 180 Å². The van der Waals surface area contributed by atoms with E-state index in [9.17, 15) is 69.3 Å². The van der Waals surface area contributed by atoms with Crippen molar-refractivity contribution in [3.63, 3.8) is 0 Å². The minimum atomic E-state index is -1.20. The van der Waals surface area contributed by atoms with E-state index in [2.05, 4.69) is 134 Å². The molecule has 0 radical (unpaired) electrons. The van der Waals surface area contributed by atoms with Gasteiger partial charge in [0.25, 0.3) is 0 Å². The number of hydrogen-bond donors (Lipinski definition) is 7. The van der Waals surface area contributed by atoms with E-state index in [0.717, 1.165) is 135 Å². The first-order valence-electron chi connectivity index (χ1n) is 59.0. The quantitative estimate of drug-likeness (QED) is 0.0129. The highest BCUT2D eigenvalue weighted by Gasteiger charge is 2.28. The maximum absolute atomic E-state index is 13.5. The average molecular weight is 2080 g/mol. The third-order valence-electron chi connectivity index (χ3n) is 26.5. The lowest BCUT2D eigenvalue weighted by Gasteiger charge is -2.34. The largest absolute Gasteiger partial charge is 0.463 e. The molecule has 7 atom stereocenters. The van der Waals surface area contributed by atoms with Gasteiger partial charge in [-0.1, -0.05) is 268 Å². The van der Waals surface area contributed by atoms with Crippen molar-refractivity contribution in [3.05, 3.63) is 85.1 Å². The first-order valence-corrected chi connectivity index (χ1v) is 59.0. The number of esters is 7. The molecule has 7 N–H and O–H groups in total. The number of aliphatic hydroxyl groups excluding tert-OH is 7. The molecule has 1 fully saturated rings. The molecule has 1 aliphatic heterocycles. The second kappa shape index (κ2) is 103. The first kappa shape index (κ1) is 139. The number of allylic oxidation sites excluding steroid dienone is 14. The predicted octanol–water partition coefficient (Wildman–Crippen LogP) is 20.3. The molecular formula is C119H217N7O21. The van der Waals surface area contributed by atoms with E-state index in [1.165, 1.54) is 89.9 Å². The van der Waals surface area contributed by atoms with Gasteiger partial charge < -0.3 is 68.9 Å². The molecule has 0 amide bonds. The Balaban J connectivity index is 4.54. The lowest BCUT2D eigenvalue weighted by Crippen LogP contribution is -2.49. The van der Waals surface area contributed by atoms with Crippen molar-refractivity contribution in [1.82, 2.24) is 34.3 Å². The van der Waals surface area contributed by atoms with Gasteiger partial charge in [0.05, 0.1) is 0 Å². The van der Waals surface area contributed by atoms with Crippen LogP contribution in [0.4, 0.5) is 0 Å². The van der Waals surface area contributed by atoms with Crippen molar-refractivity contribution in [3.8, 4) is 0 Å². The van der Waals surface area contributed by atoms with Crippen LogP contribution in [-0.2, 0) is 66.7 Å². The zero-order valence-corrected chi connectivity index (χ0v) is 94.0. The van der Waals surface area contributed by atoms with E-state index in [1.54, 1.807) is 0 Å². The summed E-state index contributed by atoms with van der Waals surface area (Å²) in [5.41, 5.74) is 0. The summed E-state index contributed by atoms with van der Waals surface area (Å²) in [7, 11) is 0. The molecule has 1 rings (SSSR count). The summed E-state index contributed by atoms with van der Waals surface area (Å²) in [6, 6.07) is 0. The van der Waals surface area contributed by atoms with Crippen LogP contribution in [0.1, 0.15) is 408 Å². The Morgan fingerprint density at radius 1 is 0.170 bits per heavy atom. The van der Waals surface area contributed by atoms with Crippen LogP contribution in [-0.4, -0.2) is 338 Å². The molecule has 1 saturated heterocycles. The first-order chi connectivity index (χ1) is 71.5. The monoisotopic (exact) mass is 2080 g/mol. The molecule has 147 heavy (non-hydrogen) atoms. The third-order valence-corrected chi connectivity index (χ3v) is 26.5. The van der Waals surface area contributed by atoms with E-state index >= 15 is 0 Å². The van der Waals surface area contributed by atoms with Crippen LogP contribution in [0.25, 0.3) is 0 Å². The summed E-state index contributed by atoms with van der Waals surface area (Å²) >= 11 is 0. The second-order valence-electron chi connectivity index (χ2n) is 41.0. The van der Waals surface area contributed by atoms with Gasteiger partial charge in [0.2, 0.25) is 0 Å². The summed E-state index contributed by atoms with van der Waals surface area (Å²) in [5, 5.41) is 85.2. The number of hydrogen-bond acceptors (Lipinski definition) is 28. The number of aliphatic hydroxyl groups is 7. The maximum Gasteiger partial charge on any atom is 0.305 e. The average Bonchev–Trinajstić information content (AvgIpc) is 1.68. The van der Waals surface area contributed by atoms with E-state index < -0.39 is 84.5 Å². The Bertz CT molecular complexity index is 2690. The Labute approximate surface area is 893 Å². The molecule has 0 bridgehead atoms. The lowest BCUT2D eigenvalue weighted by atomic mass is 10.1. The van der Waals surface area contributed by atoms with Crippen LogP contribution in [0.3, 0.4) is 0 Å². The lowest BCUT2D eigenvalue weighted by molar-refractivity contribution is -0.148. The van der Waals surface area contributed by atoms with Crippen LogP contribution in [0, 0.1) is 0 Å². The molecule has 0 saturated carbocycles. The summed E-state index contributed by atoms with van der Waals surface area (Å²) in [4.78, 5) is 109. The molecule has 0 aliphatic carbocycles. The van der Waals surface area contributed by atoms with Crippen molar-refractivity contribution in [2.24, 2.45) is 0 Å². The highest BCUT2D eigenvalue weighted by Crippen LogP contribution is 2.18. The highest BCUT2D eigenvalue weighted by molar-refractivity contribution is 5.71. The Morgan fingerprint density at radius 2 is 0.272 bits per heavy atom. The smallest absolute Gasteiger partial charge is 0.305 e. The Hall–Kier alpha value is -6.09. The van der Waals surface area contributed by atoms with Gasteiger partial charge in [-0.2, -0.15) is 0 Å². The molecule has 28 nitrogen and oxygen atoms in total. The zero-order valence-electron chi connectivity index (χ0n) is 94.0. The molecule has 0 aromatic rings. The number of β-amino-alcohol motifs (C(OH)–C–C–N with tert-alkyl or cyclic N) is 7. The van der Waals surface area contributed by atoms with Gasteiger partial charge in [-0.3, -0.25) is 67.9 Å². The van der Waals surface area contributed by atoms with E-state index in [1.807, 2.05) is 34.3 Å². The Morgan fingerprint density at radius 3 is 0.374 bits per heavy atom. The van der Waals surface area contributed by atoms with Gasteiger partial charge in [0, 0.05) is 182 Å². The minimum Gasteiger partial charge on any atom is -0.463 e. The van der Waals surface area contributed by atoms with Gasteiger partial charge in [-0.25, -0.2) is 0 Å². The van der Waals surface area contributed by atoms with E-state index in [0.29, 0.717) is 89.9 Å². The number of nitrogens with zero attached hydrogens (tertiary/aromatic N) is 7. The molecule has 7 unspecified atom stereocenters. The summed E-state index contributed by atoms with van der Waals surface area (Å²) < 4.78 is 40.7. The van der Waals surface area contributed by atoms with E-state index in [4.69, 9.17) is 33.2 Å². The van der Waals surface area contributed by atoms with Gasteiger partial charge >= 0.3 is 41.8 Å². The van der Waals surface area contributed by atoms with Gasteiger partial charge in [-0.15, -0.1) is 0 Å². The predicted molar refractivity (Wildman–Crippen MR) is 596 cm³/mol.